The van der Waals surface area contributed by atoms with Crippen LogP contribution in [0.25, 0.3) is 0 Å². The lowest BCUT2D eigenvalue weighted by Crippen LogP contribution is -2.37. The van der Waals surface area contributed by atoms with Gasteiger partial charge in [-0.15, -0.1) is 12.4 Å². The number of hydrogen-bond acceptors (Lipinski definition) is 2. The van der Waals surface area contributed by atoms with Crippen LogP contribution in [0.1, 0.15) is 12.5 Å². The quantitative estimate of drug-likeness (QED) is 0.897. The maximum absolute atomic E-state index is 12.7. The number of nitrogens with one attached hydrogen (secondary N) is 1. The Kier molecular flexibility index (Phi) is 6.55. The monoisotopic (exact) mass is 310 g/mol. The summed E-state index contributed by atoms with van der Waals surface area (Å²) in [5.74, 6) is -0.546. The molecule has 0 bridgehead atoms. The summed E-state index contributed by atoms with van der Waals surface area (Å²) in [6, 6.07) is 3.77. The zero-order valence-electron chi connectivity index (χ0n) is 8.67. The van der Waals surface area contributed by atoms with Crippen LogP contribution >= 0.6 is 28.3 Å². The van der Waals surface area contributed by atoms with Gasteiger partial charge in [0.25, 0.3) is 0 Å². The van der Waals surface area contributed by atoms with Gasteiger partial charge in [-0.05, 0) is 24.6 Å². The Morgan fingerprint density at radius 1 is 1.62 bits per heavy atom. The van der Waals surface area contributed by atoms with Gasteiger partial charge >= 0.3 is 0 Å². The maximum Gasteiger partial charge on any atom is 0.236 e. The van der Waals surface area contributed by atoms with Crippen LogP contribution in [0, 0.1) is 5.82 Å². The Labute approximate surface area is 108 Å². The molecule has 0 aliphatic heterocycles. The third kappa shape index (κ3) is 4.47. The van der Waals surface area contributed by atoms with E-state index in [1.54, 1.807) is 13.0 Å². The van der Waals surface area contributed by atoms with Gasteiger partial charge in [0.15, 0.2) is 0 Å². The maximum atomic E-state index is 12.7. The second-order valence-corrected chi connectivity index (χ2v) is 4.10. The van der Waals surface area contributed by atoms with Crippen molar-refractivity contribution in [2.45, 2.75) is 19.5 Å². The SMILES string of the molecule is C[C@@H](N)C(=O)NCc1ccc(F)cc1Br.Cl. The lowest BCUT2D eigenvalue weighted by Gasteiger charge is -2.09. The molecule has 0 heterocycles. The van der Waals surface area contributed by atoms with Crippen LogP contribution in [0.3, 0.4) is 0 Å². The average Bonchev–Trinajstić information content (AvgIpc) is 2.15. The largest absolute Gasteiger partial charge is 0.351 e. The minimum atomic E-state index is -0.538. The van der Waals surface area contributed by atoms with Crippen molar-refractivity contribution in [1.82, 2.24) is 5.32 Å². The predicted octanol–water partition coefficient (Wildman–Crippen LogP) is 1.97. The first kappa shape index (κ1) is 15.3. The van der Waals surface area contributed by atoms with Crippen molar-refractivity contribution in [2.24, 2.45) is 5.73 Å². The molecule has 0 fully saturated rings. The molecule has 1 aromatic carbocycles. The third-order valence-electron chi connectivity index (χ3n) is 1.88. The van der Waals surface area contributed by atoms with E-state index in [0.717, 1.165) is 5.56 Å². The molecule has 16 heavy (non-hydrogen) atoms. The Hall–Kier alpha value is -0.650. The molecule has 0 radical (unpaired) electrons. The molecule has 90 valence electrons. The predicted molar refractivity (Wildman–Crippen MR) is 66.8 cm³/mol. The average molecular weight is 312 g/mol. The van der Waals surface area contributed by atoms with E-state index in [4.69, 9.17) is 5.73 Å². The highest BCUT2D eigenvalue weighted by atomic mass is 79.9. The van der Waals surface area contributed by atoms with Gasteiger partial charge in [-0.3, -0.25) is 4.79 Å². The Balaban J connectivity index is 0.00000225. The van der Waals surface area contributed by atoms with Crippen LogP contribution in [0.5, 0.6) is 0 Å². The summed E-state index contributed by atoms with van der Waals surface area (Å²) in [6.45, 7) is 1.94. The van der Waals surface area contributed by atoms with E-state index < -0.39 is 6.04 Å². The number of hydrogen-bond donors (Lipinski definition) is 2. The summed E-state index contributed by atoms with van der Waals surface area (Å²) in [6.07, 6.45) is 0. The van der Waals surface area contributed by atoms with E-state index >= 15 is 0 Å². The first-order chi connectivity index (χ1) is 7.00. The number of carbonyl (C=O) groups is 1. The molecule has 1 aromatic rings. The van der Waals surface area contributed by atoms with Gasteiger partial charge in [0, 0.05) is 11.0 Å². The van der Waals surface area contributed by atoms with Crippen LogP contribution in [-0.2, 0) is 11.3 Å². The summed E-state index contributed by atoms with van der Waals surface area (Å²) in [7, 11) is 0. The molecule has 3 nitrogen and oxygen atoms in total. The van der Waals surface area contributed by atoms with Crippen molar-refractivity contribution in [1.29, 1.82) is 0 Å². The molecular formula is C10H13BrClFN2O. The Bertz CT molecular complexity index is 374. The van der Waals surface area contributed by atoms with Crippen LogP contribution in [-0.4, -0.2) is 11.9 Å². The highest BCUT2D eigenvalue weighted by Crippen LogP contribution is 2.17. The molecular weight excluding hydrogens is 298 g/mol. The normalized spacial score (nSPS) is 11.5. The van der Waals surface area contributed by atoms with Crippen LogP contribution in [0.4, 0.5) is 4.39 Å². The summed E-state index contributed by atoms with van der Waals surface area (Å²) in [4.78, 5) is 11.2. The van der Waals surface area contributed by atoms with E-state index in [-0.39, 0.29) is 24.1 Å². The van der Waals surface area contributed by atoms with Gasteiger partial charge in [-0.1, -0.05) is 22.0 Å². The molecule has 6 heteroatoms. The smallest absolute Gasteiger partial charge is 0.236 e. The molecule has 0 unspecified atom stereocenters. The molecule has 1 rings (SSSR count). The van der Waals surface area contributed by atoms with Crippen LogP contribution in [0.2, 0.25) is 0 Å². The van der Waals surface area contributed by atoms with Crippen molar-refractivity contribution in [3.63, 3.8) is 0 Å². The number of carbonyl (C=O) groups excluding carboxylic acids is 1. The third-order valence-corrected chi connectivity index (χ3v) is 2.62. The fourth-order valence-electron chi connectivity index (χ4n) is 1.01. The highest BCUT2D eigenvalue weighted by Gasteiger charge is 2.07. The fraction of sp³-hybridized carbons (Fsp3) is 0.300. The zero-order chi connectivity index (χ0) is 11.4. The van der Waals surface area contributed by atoms with E-state index in [2.05, 4.69) is 21.2 Å². The fourth-order valence-corrected chi connectivity index (χ4v) is 1.50. The van der Waals surface area contributed by atoms with Crippen molar-refractivity contribution in [3.05, 3.63) is 34.1 Å². The minimum absolute atomic E-state index is 0. The van der Waals surface area contributed by atoms with Crippen molar-refractivity contribution < 1.29 is 9.18 Å². The van der Waals surface area contributed by atoms with Gasteiger partial charge in [0.05, 0.1) is 6.04 Å². The van der Waals surface area contributed by atoms with E-state index in [9.17, 15) is 9.18 Å². The van der Waals surface area contributed by atoms with Gasteiger partial charge < -0.3 is 11.1 Å². The lowest BCUT2D eigenvalue weighted by atomic mass is 10.2. The van der Waals surface area contributed by atoms with Gasteiger partial charge in [0.1, 0.15) is 5.82 Å². The van der Waals surface area contributed by atoms with Crippen molar-refractivity contribution >= 4 is 34.2 Å². The van der Waals surface area contributed by atoms with Crippen molar-refractivity contribution in [2.75, 3.05) is 0 Å². The van der Waals surface area contributed by atoms with Gasteiger partial charge in [-0.2, -0.15) is 0 Å². The lowest BCUT2D eigenvalue weighted by molar-refractivity contribution is -0.122. The zero-order valence-corrected chi connectivity index (χ0v) is 11.1. The molecule has 1 atom stereocenters. The Morgan fingerprint density at radius 3 is 2.75 bits per heavy atom. The van der Waals surface area contributed by atoms with Crippen molar-refractivity contribution in [3.8, 4) is 0 Å². The number of amides is 1. The minimum Gasteiger partial charge on any atom is -0.351 e. The van der Waals surface area contributed by atoms with Gasteiger partial charge in [-0.25, -0.2) is 4.39 Å². The van der Waals surface area contributed by atoms with E-state index in [1.165, 1.54) is 12.1 Å². The van der Waals surface area contributed by atoms with Crippen LogP contribution < -0.4 is 11.1 Å². The van der Waals surface area contributed by atoms with Gasteiger partial charge in [0.2, 0.25) is 5.91 Å². The molecule has 1 amide bonds. The topological polar surface area (TPSA) is 55.1 Å². The molecule has 0 saturated heterocycles. The highest BCUT2D eigenvalue weighted by molar-refractivity contribution is 9.10. The summed E-state index contributed by atoms with van der Waals surface area (Å²) < 4.78 is 13.4. The molecule has 0 spiro atoms. The molecule has 0 saturated carbocycles. The molecule has 0 aromatic heterocycles. The Morgan fingerprint density at radius 2 is 2.25 bits per heavy atom. The molecule has 0 aliphatic carbocycles. The second-order valence-electron chi connectivity index (χ2n) is 3.24. The molecule has 0 aliphatic rings. The standard InChI is InChI=1S/C10H12BrFN2O.ClH/c1-6(13)10(15)14-5-7-2-3-8(12)4-9(7)11;/h2-4,6H,5,13H2,1H3,(H,14,15);1H/t6-;/m1./s1. The summed E-state index contributed by atoms with van der Waals surface area (Å²) >= 11 is 3.21. The number of benzene rings is 1. The number of nitrogens with two attached hydrogens (primary N) is 1. The second kappa shape index (κ2) is 6.83. The molecule has 3 N–H and O–H groups in total. The first-order valence-electron chi connectivity index (χ1n) is 4.48. The number of halogens is 3. The van der Waals surface area contributed by atoms with E-state index in [1.807, 2.05) is 0 Å². The van der Waals surface area contributed by atoms with Crippen LogP contribution in [0.15, 0.2) is 22.7 Å². The van der Waals surface area contributed by atoms with E-state index in [0.29, 0.717) is 11.0 Å². The number of rotatable bonds is 3. The summed E-state index contributed by atoms with van der Waals surface area (Å²) in [5, 5.41) is 2.64. The first-order valence-corrected chi connectivity index (χ1v) is 5.27. The summed E-state index contributed by atoms with van der Waals surface area (Å²) in [5.41, 5.74) is 6.19.